The van der Waals surface area contributed by atoms with E-state index in [1.165, 1.54) is 12.1 Å². The number of nitrogens with one attached hydrogen (secondary N) is 1. The predicted molar refractivity (Wildman–Crippen MR) is 87.6 cm³/mol. The third-order valence-corrected chi connectivity index (χ3v) is 4.13. The van der Waals surface area contributed by atoms with Crippen molar-refractivity contribution in [2.24, 2.45) is 10.1 Å². The largest absolute Gasteiger partial charge is 0.416 e. The van der Waals surface area contributed by atoms with E-state index in [2.05, 4.69) is 15.5 Å². The standard InChI is InChI=1S/C18H12F3N3O2/c19-18(20,21)12-8-6-11(7-9-12)16-22-14-13(10-4-2-1-3-5-10)24-26-15(14)17(25)23-16/h1-9,15-16H,(H,23,25). The van der Waals surface area contributed by atoms with Crippen molar-refractivity contribution in [3.63, 3.8) is 0 Å². The van der Waals surface area contributed by atoms with E-state index in [4.69, 9.17) is 4.84 Å². The SMILES string of the molecule is O=C1NC(c2ccc(C(F)(F)F)cc2)N=C2C(c3ccccc3)=NOC12. The zero-order chi connectivity index (χ0) is 18.3. The van der Waals surface area contributed by atoms with E-state index in [1.54, 1.807) is 0 Å². The Morgan fingerprint density at radius 1 is 1.00 bits per heavy atom. The van der Waals surface area contributed by atoms with E-state index in [1.807, 2.05) is 30.3 Å². The normalized spacial score (nSPS) is 22.0. The van der Waals surface area contributed by atoms with Crippen molar-refractivity contribution >= 4 is 17.3 Å². The maximum atomic E-state index is 12.7. The van der Waals surface area contributed by atoms with Gasteiger partial charge in [-0.2, -0.15) is 13.2 Å². The summed E-state index contributed by atoms with van der Waals surface area (Å²) >= 11 is 0. The molecule has 2 aliphatic heterocycles. The summed E-state index contributed by atoms with van der Waals surface area (Å²) in [6.45, 7) is 0. The van der Waals surface area contributed by atoms with Crippen LogP contribution in [0.3, 0.4) is 0 Å². The summed E-state index contributed by atoms with van der Waals surface area (Å²) < 4.78 is 38.1. The van der Waals surface area contributed by atoms with Crippen molar-refractivity contribution in [2.45, 2.75) is 18.4 Å². The fourth-order valence-corrected chi connectivity index (χ4v) is 2.82. The van der Waals surface area contributed by atoms with E-state index >= 15 is 0 Å². The topological polar surface area (TPSA) is 63.0 Å². The first kappa shape index (κ1) is 16.3. The van der Waals surface area contributed by atoms with Crippen molar-refractivity contribution in [1.82, 2.24) is 5.32 Å². The summed E-state index contributed by atoms with van der Waals surface area (Å²) in [5, 5.41) is 6.58. The van der Waals surface area contributed by atoms with Gasteiger partial charge in [-0.25, -0.2) is 0 Å². The molecule has 0 spiro atoms. The van der Waals surface area contributed by atoms with Crippen LogP contribution in [-0.4, -0.2) is 23.4 Å². The van der Waals surface area contributed by atoms with Gasteiger partial charge in [-0.1, -0.05) is 47.6 Å². The highest BCUT2D eigenvalue weighted by Crippen LogP contribution is 2.31. The van der Waals surface area contributed by atoms with Crippen LogP contribution in [-0.2, 0) is 15.8 Å². The summed E-state index contributed by atoms with van der Waals surface area (Å²) in [5.41, 5.74) is 1.24. The van der Waals surface area contributed by atoms with Crippen LogP contribution in [0.2, 0.25) is 0 Å². The molecule has 2 unspecified atom stereocenters. The number of carbonyl (C=O) groups excluding carboxylic acids is 1. The Kier molecular flexibility index (Phi) is 3.75. The Bertz CT molecular complexity index is 906. The molecule has 2 aromatic carbocycles. The highest BCUT2D eigenvalue weighted by atomic mass is 19.4. The zero-order valence-electron chi connectivity index (χ0n) is 13.2. The third-order valence-electron chi connectivity index (χ3n) is 4.13. The number of hydrogen-bond donors (Lipinski definition) is 1. The van der Waals surface area contributed by atoms with E-state index < -0.39 is 29.9 Å². The molecule has 0 aliphatic carbocycles. The van der Waals surface area contributed by atoms with Crippen molar-refractivity contribution in [3.8, 4) is 0 Å². The third kappa shape index (κ3) is 2.83. The lowest BCUT2D eigenvalue weighted by Gasteiger charge is -2.24. The number of benzene rings is 2. The molecule has 132 valence electrons. The minimum atomic E-state index is -4.42. The Morgan fingerprint density at radius 3 is 2.35 bits per heavy atom. The molecular formula is C18H12F3N3O2. The number of oxime groups is 1. The van der Waals surface area contributed by atoms with Gasteiger partial charge in [0, 0.05) is 5.56 Å². The lowest BCUT2D eigenvalue weighted by molar-refractivity contribution is -0.137. The van der Waals surface area contributed by atoms with Gasteiger partial charge in [-0.15, -0.1) is 0 Å². The van der Waals surface area contributed by atoms with Gasteiger partial charge in [-0.3, -0.25) is 9.79 Å². The van der Waals surface area contributed by atoms with Gasteiger partial charge >= 0.3 is 6.18 Å². The van der Waals surface area contributed by atoms with Crippen LogP contribution >= 0.6 is 0 Å². The van der Waals surface area contributed by atoms with Gasteiger partial charge in [-0.05, 0) is 17.7 Å². The molecule has 2 aromatic rings. The molecule has 0 saturated heterocycles. The van der Waals surface area contributed by atoms with Crippen molar-refractivity contribution in [1.29, 1.82) is 0 Å². The minimum Gasteiger partial charge on any atom is -0.375 e. The van der Waals surface area contributed by atoms with Crippen LogP contribution in [0.4, 0.5) is 13.2 Å². The number of aliphatic imine (C=N–C) groups is 1. The summed E-state index contributed by atoms with van der Waals surface area (Å²) in [5.74, 6) is -0.436. The minimum absolute atomic E-state index is 0.366. The molecule has 8 heteroatoms. The number of carbonyl (C=O) groups is 1. The van der Waals surface area contributed by atoms with Gasteiger partial charge < -0.3 is 10.2 Å². The van der Waals surface area contributed by atoms with Crippen LogP contribution in [0.15, 0.2) is 64.7 Å². The molecule has 0 saturated carbocycles. The smallest absolute Gasteiger partial charge is 0.375 e. The van der Waals surface area contributed by atoms with Gasteiger partial charge in [0.25, 0.3) is 5.91 Å². The molecule has 0 bridgehead atoms. The Labute approximate surface area is 146 Å². The van der Waals surface area contributed by atoms with Crippen molar-refractivity contribution in [3.05, 3.63) is 71.3 Å². The molecule has 1 N–H and O–H groups in total. The van der Waals surface area contributed by atoms with Crippen LogP contribution < -0.4 is 5.32 Å². The number of amides is 1. The second-order valence-corrected chi connectivity index (χ2v) is 5.84. The zero-order valence-corrected chi connectivity index (χ0v) is 13.2. The molecule has 0 fully saturated rings. The Balaban J connectivity index is 1.68. The average molecular weight is 359 g/mol. The van der Waals surface area contributed by atoms with E-state index in [0.29, 0.717) is 17.0 Å². The van der Waals surface area contributed by atoms with Gasteiger partial charge in [0.2, 0.25) is 6.10 Å². The van der Waals surface area contributed by atoms with Crippen molar-refractivity contribution < 1.29 is 22.8 Å². The number of alkyl halides is 3. The monoisotopic (exact) mass is 359 g/mol. The average Bonchev–Trinajstić information content (AvgIpc) is 3.06. The number of fused-ring (bicyclic) bond motifs is 1. The first-order chi connectivity index (χ1) is 12.4. The lowest BCUT2D eigenvalue weighted by Crippen LogP contribution is -2.46. The molecule has 1 amide bonds. The molecule has 2 atom stereocenters. The fourth-order valence-electron chi connectivity index (χ4n) is 2.82. The summed E-state index contributed by atoms with van der Waals surface area (Å²) in [6, 6.07) is 13.6. The maximum absolute atomic E-state index is 12.7. The van der Waals surface area contributed by atoms with Gasteiger partial charge in [0.1, 0.15) is 17.6 Å². The Hall–Kier alpha value is -3.16. The number of nitrogens with zero attached hydrogens (tertiary/aromatic N) is 2. The number of halogens is 3. The maximum Gasteiger partial charge on any atom is 0.416 e. The number of rotatable bonds is 2. The van der Waals surface area contributed by atoms with Crippen LogP contribution in [0, 0.1) is 0 Å². The van der Waals surface area contributed by atoms with E-state index in [-0.39, 0.29) is 0 Å². The molecule has 26 heavy (non-hydrogen) atoms. The fraction of sp³-hybridized carbons (Fsp3) is 0.167. The van der Waals surface area contributed by atoms with E-state index in [9.17, 15) is 18.0 Å². The molecule has 4 rings (SSSR count). The van der Waals surface area contributed by atoms with Crippen LogP contribution in [0.5, 0.6) is 0 Å². The van der Waals surface area contributed by atoms with Gasteiger partial charge in [0.15, 0.2) is 0 Å². The van der Waals surface area contributed by atoms with Crippen LogP contribution in [0.1, 0.15) is 22.9 Å². The molecule has 0 aromatic heterocycles. The molecule has 2 heterocycles. The highest BCUT2D eigenvalue weighted by molar-refractivity contribution is 6.53. The van der Waals surface area contributed by atoms with E-state index in [0.717, 1.165) is 17.7 Å². The predicted octanol–water partition coefficient (Wildman–Crippen LogP) is 3.08. The Morgan fingerprint density at radius 2 is 1.69 bits per heavy atom. The van der Waals surface area contributed by atoms with Crippen molar-refractivity contribution in [2.75, 3.05) is 0 Å². The summed E-state index contributed by atoms with van der Waals surface area (Å²) in [7, 11) is 0. The summed E-state index contributed by atoms with van der Waals surface area (Å²) in [4.78, 5) is 21.9. The second kappa shape index (κ2) is 5.98. The quantitative estimate of drug-likeness (QED) is 0.896. The molecule has 5 nitrogen and oxygen atoms in total. The van der Waals surface area contributed by atoms with Crippen LogP contribution in [0.25, 0.3) is 0 Å². The number of hydrogen-bond acceptors (Lipinski definition) is 4. The highest BCUT2D eigenvalue weighted by Gasteiger charge is 2.41. The molecule has 0 radical (unpaired) electrons. The summed E-state index contributed by atoms with van der Waals surface area (Å²) in [6.07, 6.45) is -6.17. The second-order valence-electron chi connectivity index (χ2n) is 5.84. The molecule has 2 aliphatic rings. The lowest BCUT2D eigenvalue weighted by atomic mass is 9.99. The first-order valence-electron chi connectivity index (χ1n) is 7.78. The first-order valence-corrected chi connectivity index (χ1v) is 7.78. The molecular weight excluding hydrogens is 347 g/mol. The van der Waals surface area contributed by atoms with Gasteiger partial charge in [0.05, 0.1) is 5.56 Å².